The zero-order valence-corrected chi connectivity index (χ0v) is 19.4. The molecular formula is C26H26N6O3. The molecule has 0 amide bonds. The smallest absolute Gasteiger partial charge is 0.255 e. The van der Waals surface area contributed by atoms with Crippen LogP contribution in [0.5, 0.6) is 5.75 Å². The van der Waals surface area contributed by atoms with E-state index < -0.39 is 0 Å². The van der Waals surface area contributed by atoms with E-state index >= 15 is 0 Å². The van der Waals surface area contributed by atoms with E-state index in [1.54, 1.807) is 31.8 Å². The number of nitrogens with zero attached hydrogens (tertiary/aromatic N) is 4. The van der Waals surface area contributed by atoms with Crippen LogP contribution in [0, 0.1) is 0 Å². The fraction of sp³-hybridized carbons (Fsp3) is 0.231. The number of H-pyrrole nitrogens is 1. The predicted molar refractivity (Wildman–Crippen MR) is 135 cm³/mol. The summed E-state index contributed by atoms with van der Waals surface area (Å²) in [5.74, 6) is 1.41. The van der Waals surface area contributed by atoms with Gasteiger partial charge in [-0.1, -0.05) is 12.1 Å². The van der Waals surface area contributed by atoms with E-state index in [2.05, 4.69) is 20.3 Å². The molecule has 0 spiro atoms. The van der Waals surface area contributed by atoms with Gasteiger partial charge in [0.25, 0.3) is 5.56 Å². The number of aromatic nitrogens is 5. The van der Waals surface area contributed by atoms with Crippen LogP contribution < -0.4 is 15.6 Å². The lowest BCUT2D eigenvalue weighted by Gasteiger charge is -2.05. The summed E-state index contributed by atoms with van der Waals surface area (Å²) in [6, 6.07) is 15.2. The van der Waals surface area contributed by atoms with Gasteiger partial charge >= 0.3 is 0 Å². The molecular weight excluding hydrogens is 444 g/mol. The van der Waals surface area contributed by atoms with Gasteiger partial charge in [-0.2, -0.15) is 5.10 Å². The first-order chi connectivity index (χ1) is 17.2. The molecule has 1 fully saturated rings. The molecule has 0 atom stereocenters. The highest BCUT2D eigenvalue weighted by molar-refractivity contribution is 5.89. The minimum atomic E-state index is -0.112. The number of hydrogen-bond acceptors (Lipinski definition) is 7. The third-order valence-electron chi connectivity index (χ3n) is 5.72. The number of aromatic amines is 1. The first-order valence-corrected chi connectivity index (χ1v) is 11.5. The molecule has 2 aromatic carbocycles. The molecule has 0 saturated carbocycles. The number of ether oxygens (including phenoxy) is 2. The number of nitrogens with one attached hydrogen (secondary N) is 2. The Kier molecular flexibility index (Phi) is 6.67. The first kappa shape index (κ1) is 22.5. The van der Waals surface area contributed by atoms with Crippen molar-refractivity contribution in [3.63, 3.8) is 0 Å². The molecule has 1 aliphatic heterocycles. The highest BCUT2D eigenvalue weighted by Gasteiger charge is 2.14. The van der Waals surface area contributed by atoms with Crippen molar-refractivity contribution in [1.29, 1.82) is 0 Å². The molecule has 5 aromatic rings. The normalized spacial score (nSPS) is 12.9. The maximum absolute atomic E-state index is 11.9. The average Bonchev–Trinajstić information content (AvgIpc) is 3.58. The number of methoxy groups -OCH3 is 1. The van der Waals surface area contributed by atoms with Crippen LogP contribution >= 0.6 is 0 Å². The lowest BCUT2D eigenvalue weighted by molar-refractivity contribution is 0.198. The standard InChI is InChI=1S/C22H18N6O2.C4H8O/c1-30-17-5-2-14(3-6-17)13-28-21-19(23-10-11-24-21)20(27-28)26-16-4-7-18-15(12-16)8-9-25-22(18)29;1-2-4-5-3-1/h2-12H,13H2,1H3,(H,25,29)(H,26,27);1-4H2. The zero-order chi connectivity index (χ0) is 24.0. The second kappa shape index (κ2) is 10.4. The van der Waals surface area contributed by atoms with E-state index in [4.69, 9.17) is 14.6 Å². The molecule has 4 heterocycles. The van der Waals surface area contributed by atoms with Gasteiger partial charge in [-0.3, -0.25) is 4.79 Å². The Bertz CT molecular complexity index is 1480. The molecule has 1 aliphatic rings. The molecule has 0 unspecified atom stereocenters. The van der Waals surface area contributed by atoms with E-state index in [0.29, 0.717) is 28.9 Å². The molecule has 2 N–H and O–H groups in total. The first-order valence-electron chi connectivity index (χ1n) is 11.5. The van der Waals surface area contributed by atoms with E-state index in [9.17, 15) is 4.79 Å². The number of rotatable bonds is 5. The molecule has 3 aromatic heterocycles. The molecule has 0 bridgehead atoms. The quantitative estimate of drug-likeness (QED) is 0.395. The number of fused-ring (bicyclic) bond motifs is 2. The number of hydrogen-bond donors (Lipinski definition) is 2. The Hall–Kier alpha value is -4.24. The number of pyridine rings is 1. The van der Waals surface area contributed by atoms with Gasteiger partial charge in [0.15, 0.2) is 17.0 Å². The Labute approximate surface area is 201 Å². The number of anilines is 2. The lowest BCUT2D eigenvalue weighted by Crippen LogP contribution is -2.04. The molecule has 35 heavy (non-hydrogen) atoms. The summed E-state index contributed by atoms with van der Waals surface area (Å²) in [5, 5.41) is 9.50. The molecule has 9 heteroatoms. The maximum atomic E-state index is 11.9. The summed E-state index contributed by atoms with van der Waals surface area (Å²) in [7, 11) is 1.65. The maximum Gasteiger partial charge on any atom is 0.255 e. The van der Waals surface area contributed by atoms with Crippen molar-refractivity contribution in [1.82, 2.24) is 24.7 Å². The van der Waals surface area contributed by atoms with Crippen LogP contribution in [0.25, 0.3) is 21.9 Å². The van der Waals surface area contributed by atoms with Crippen LogP contribution in [0.15, 0.2) is 71.9 Å². The summed E-state index contributed by atoms with van der Waals surface area (Å²) >= 11 is 0. The van der Waals surface area contributed by atoms with Gasteiger partial charge in [0, 0.05) is 42.9 Å². The number of benzene rings is 2. The van der Waals surface area contributed by atoms with Gasteiger partial charge < -0.3 is 19.8 Å². The second-order valence-electron chi connectivity index (χ2n) is 8.14. The summed E-state index contributed by atoms with van der Waals surface area (Å²) in [5.41, 5.74) is 3.14. The Balaban J connectivity index is 0.000000453. The molecule has 178 valence electrons. The van der Waals surface area contributed by atoms with Crippen LogP contribution in [-0.2, 0) is 11.3 Å². The van der Waals surface area contributed by atoms with Crippen LogP contribution in [0.1, 0.15) is 18.4 Å². The van der Waals surface area contributed by atoms with Crippen molar-refractivity contribution in [2.24, 2.45) is 0 Å². The SMILES string of the molecule is C1CCOC1.COc1ccc(Cn2nc(Nc3ccc4c(=O)[nH]ccc4c3)c3nccnc32)cc1. The summed E-state index contributed by atoms with van der Waals surface area (Å²) in [6.07, 6.45) is 7.49. The summed E-state index contributed by atoms with van der Waals surface area (Å²) in [6.45, 7) is 2.55. The van der Waals surface area contributed by atoms with E-state index in [-0.39, 0.29) is 5.56 Å². The van der Waals surface area contributed by atoms with Crippen molar-refractivity contribution in [3.05, 3.63) is 83.0 Å². The topological polar surface area (TPSA) is 107 Å². The van der Waals surface area contributed by atoms with Crippen molar-refractivity contribution < 1.29 is 9.47 Å². The average molecular weight is 471 g/mol. The van der Waals surface area contributed by atoms with Gasteiger partial charge in [-0.15, -0.1) is 0 Å². The molecule has 0 aliphatic carbocycles. The van der Waals surface area contributed by atoms with E-state index in [1.807, 2.05) is 47.1 Å². The molecule has 1 saturated heterocycles. The molecule has 6 rings (SSSR count). The van der Waals surface area contributed by atoms with Crippen molar-refractivity contribution in [3.8, 4) is 5.75 Å². The van der Waals surface area contributed by atoms with Gasteiger partial charge in [0.1, 0.15) is 5.75 Å². The zero-order valence-electron chi connectivity index (χ0n) is 19.4. The second-order valence-corrected chi connectivity index (χ2v) is 8.14. The van der Waals surface area contributed by atoms with E-state index in [0.717, 1.165) is 35.6 Å². The Morgan fingerprint density at radius 1 is 1.06 bits per heavy atom. The Morgan fingerprint density at radius 3 is 2.60 bits per heavy atom. The Morgan fingerprint density at radius 2 is 1.86 bits per heavy atom. The third-order valence-corrected chi connectivity index (χ3v) is 5.72. The van der Waals surface area contributed by atoms with Gasteiger partial charge in [0.05, 0.1) is 13.7 Å². The van der Waals surface area contributed by atoms with Crippen LogP contribution in [-0.4, -0.2) is 45.1 Å². The fourth-order valence-electron chi connectivity index (χ4n) is 3.92. The predicted octanol–water partition coefficient (Wildman–Crippen LogP) is 4.27. The van der Waals surface area contributed by atoms with E-state index in [1.165, 1.54) is 12.8 Å². The highest BCUT2D eigenvalue weighted by atomic mass is 16.5. The van der Waals surface area contributed by atoms with Gasteiger partial charge in [-0.05, 0) is 60.2 Å². The minimum absolute atomic E-state index is 0.112. The minimum Gasteiger partial charge on any atom is -0.497 e. The largest absolute Gasteiger partial charge is 0.497 e. The van der Waals surface area contributed by atoms with Crippen LogP contribution in [0.4, 0.5) is 11.5 Å². The van der Waals surface area contributed by atoms with Crippen molar-refractivity contribution in [2.75, 3.05) is 25.6 Å². The third kappa shape index (κ3) is 5.15. The van der Waals surface area contributed by atoms with Crippen molar-refractivity contribution in [2.45, 2.75) is 19.4 Å². The highest BCUT2D eigenvalue weighted by Crippen LogP contribution is 2.25. The van der Waals surface area contributed by atoms with Gasteiger partial charge in [-0.25, -0.2) is 14.6 Å². The monoisotopic (exact) mass is 470 g/mol. The van der Waals surface area contributed by atoms with Crippen LogP contribution in [0.2, 0.25) is 0 Å². The molecule has 0 radical (unpaired) electrons. The summed E-state index contributed by atoms with van der Waals surface area (Å²) in [4.78, 5) is 23.5. The fourth-order valence-corrected chi connectivity index (χ4v) is 3.92. The van der Waals surface area contributed by atoms with Gasteiger partial charge in [0.2, 0.25) is 0 Å². The lowest BCUT2D eigenvalue weighted by atomic mass is 10.1. The molecule has 9 nitrogen and oxygen atoms in total. The summed E-state index contributed by atoms with van der Waals surface area (Å²) < 4.78 is 12.0. The van der Waals surface area contributed by atoms with Crippen LogP contribution in [0.3, 0.4) is 0 Å². The van der Waals surface area contributed by atoms with Crippen molar-refractivity contribution >= 4 is 33.4 Å².